The summed E-state index contributed by atoms with van der Waals surface area (Å²) >= 11 is 0. The molecule has 1 aliphatic rings. The van der Waals surface area contributed by atoms with E-state index in [1.165, 1.54) is 0 Å². The Bertz CT molecular complexity index is 476. The molecule has 0 bridgehead atoms. The zero-order chi connectivity index (χ0) is 14.2. The van der Waals surface area contributed by atoms with Crippen LogP contribution in [-0.2, 0) is 11.2 Å². The second-order valence-electron chi connectivity index (χ2n) is 5.76. The van der Waals surface area contributed by atoms with Crippen LogP contribution >= 0.6 is 0 Å². The van der Waals surface area contributed by atoms with Gasteiger partial charge in [-0.05, 0) is 33.6 Å². The molecule has 1 aliphatic heterocycles. The lowest BCUT2D eigenvalue weighted by atomic mass is 9.98. The smallest absolute Gasteiger partial charge is 0.410 e. The molecule has 0 saturated carbocycles. The van der Waals surface area contributed by atoms with Crippen LogP contribution in [0.25, 0.3) is 0 Å². The van der Waals surface area contributed by atoms with E-state index in [9.17, 15) is 4.79 Å². The molecule has 2 N–H and O–H groups in total. The second-order valence-corrected chi connectivity index (χ2v) is 5.76. The maximum atomic E-state index is 12.2. The molecule has 1 amide bonds. The average molecular weight is 267 g/mol. The van der Waals surface area contributed by atoms with E-state index < -0.39 is 5.60 Å². The zero-order valence-corrected chi connectivity index (χ0v) is 11.9. The van der Waals surface area contributed by atoms with Gasteiger partial charge in [0.25, 0.3) is 0 Å². The molecule has 1 aromatic rings. The van der Waals surface area contributed by atoms with Crippen LogP contribution in [0.5, 0.6) is 0 Å². The Kier molecular flexibility index (Phi) is 3.43. The Hall–Kier alpha value is -1.72. The minimum Gasteiger partial charge on any atom is -0.444 e. The van der Waals surface area contributed by atoms with Crippen LogP contribution in [0.15, 0.2) is 4.52 Å². The Morgan fingerprint density at radius 2 is 2.26 bits per heavy atom. The van der Waals surface area contributed by atoms with E-state index in [4.69, 9.17) is 15.0 Å². The number of carbonyl (C=O) groups excluding carboxylic acids is 1. The molecule has 19 heavy (non-hydrogen) atoms. The number of nitrogen functional groups attached to an aromatic ring is 1. The summed E-state index contributed by atoms with van der Waals surface area (Å²) in [6.45, 7) is 8.15. The summed E-state index contributed by atoms with van der Waals surface area (Å²) < 4.78 is 10.5. The van der Waals surface area contributed by atoms with Gasteiger partial charge in [0.1, 0.15) is 11.3 Å². The molecular formula is C13H21N3O3. The number of anilines is 1. The van der Waals surface area contributed by atoms with Crippen molar-refractivity contribution in [1.29, 1.82) is 0 Å². The van der Waals surface area contributed by atoms with Gasteiger partial charge in [-0.1, -0.05) is 12.1 Å². The van der Waals surface area contributed by atoms with Crippen LogP contribution in [0, 0.1) is 0 Å². The van der Waals surface area contributed by atoms with Gasteiger partial charge in [0.05, 0.1) is 6.04 Å². The lowest BCUT2D eigenvalue weighted by Gasteiger charge is -2.35. The monoisotopic (exact) mass is 267 g/mol. The van der Waals surface area contributed by atoms with Crippen LogP contribution in [-0.4, -0.2) is 28.3 Å². The van der Waals surface area contributed by atoms with Gasteiger partial charge in [-0.2, -0.15) is 0 Å². The van der Waals surface area contributed by atoms with E-state index in [-0.39, 0.29) is 12.1 Å². The highest BCUT2D eigenvalue weighted by atomic mass is 16.6. The van der Waals surface area contributed by atoms with Crippen LogP contribution in [0.4, 0.5) is 10.7 Å². The zero-order valence-electron chi connectivity index (χ0n) is 11.9. The fourth-order valence-corrected chi connectivity index (χ4v) is 2.34. The first-order valence-corrected chi connectivity index (χ1v) is 6.57. The predicted octanol–water partition coefficient (Wildman–Crippen LogP) is 2.50. The highest BCUT2D eigenvalue weighted by Gasteiger charge is 2.36. The van der Waals surface area contributed by atoms with Crippen molar-refractivity contribution < 1.29 is 14.1 Å². The predicted molar refractivity (Wildman–Crippen MR) is 70.6 cm³/mol. The van der Waals surface area contributed by atoms with Gasteiger partial charge in [0.2, 0.25) is 5.88 Å². The summed E-state index contributed by atoms with van der Waals surface area (Å²) in [5, 5.41) is 3.99. The lowest BCUT2D eigenvalue weighted by Crippen LogP contribution is -2.42. The Morgan fingerprint density at radius 3 is 2.84 bits per heavy atom. The molecule has 2 rings (SSSR count). The van der Waals surface area contributed by atoms with E-state index in [0.29, 0.717) is 18.8 Å². The molecule has 0 aliphatic carbocycles. The number of aromatic nitrogens is 1. The molecule has 0 saturated heterocycles. The van der Waals surface area contributed by atoms with E-state index in [0.717, 1.165) is 17.7 Å². The number of ether oxygens (including phenoxy) is 1. The molecular weight excluding hydrogens is 246 g/mol. The quantitative estimate of drug-likeness (QED) is 0.845. The van der Waals surface area contributed by atoms with Crippen molar-refractivity contribution in [2.75, 3.05) is 12.3 Å². The van der Waals surface area contributed by atoms with Gasteiger partial charge in [-0.15, -0.1) is 0 Å². The molecule has 0 fully saturated rings. The van der Waals surface area contributed by atoms with Gasteiger partial charge in [0.15, 0.2) is 0 Å². The summed E-state index contributed by atoms with van der Waals surface area (Å²) in [4.78, 5) is 13.9. The van der Waals surface area contributed by atoms with Gasteiger partial charge in [0, 0.05) is 12.1 Å². The second kappa shape index (κ2) is 4.75. The molecule has 2 heterocycles. The van der Waals surface area contributed by atoms with Crippen molar-refractivity contribution in [2.45, 2.75) is 52.2 Å². The van der Waals surface area contributed by atoms with Gasteiger partial charge < -0.3 is 15.0 Å². The molecule has 6 heteroatoms. The highest BCUT2D eigenvalue weighted by Crippen LogP contribution is 2.34. The number of amides is 1. The minimum absolute atomic E-state index is 0.125. The maximum Gasteiger partial charge on any atom is 0.410 e. The SMILES string of the molecule is CCC1c2noc(N)c2CCN1C(=O)OC(C)(C)C. The van der Waals surface area contributed by atoms with Crippen molar-refractivity contribution >= 4 is 12.0 Å². The third-order valence-electron chi connectivity index (χ3n) is 3.16. The van der Waals surface area contributed by atoms with E-state index >= 15 is 0 Å². The molecule has 0 aromatic carbocycles. The number of fused-ring (bicyclic) bond motifs is 1. The lowest BCUT2D eigenvalue weighted by molar-refractivity contribution is 0.0131. The molecule has 0 spiro atoms. The molecule has 0 radical (unpaired) electrons. The fourth-order valence-electron chi connectivity index (χ4n) is 2.34. The third kappa shape index (κ3) is 2.67. The van der Waals surface area contributed by atoms with Crippen LogP contribution in [0.3, 0.4) is 0 Å². The van der Waals surface area contributed by atoms with Crippen molar-refractivity contribution in [3.63, 3.8) is 0 Å². The van der Waals surface area contributed by atoms with E-state index in [2.05, 4.69) is 5.16 Å². The Labute approximate surface area is 112 Å². The normalized spacial score (nSPS) is 19.2. The standard InChI is InChI=1S/C13H21N3O3/c1-5-9-10-8(11(14)19-15-10)6-7-16(9)12(17)18-13(2,3)4/h9H,5-7,14H2,1-4H3. The number of carbonyl (C=O) groups is 1. The first kappa shape index (κ1) is 13.7. The first-order chi connectivity index (χ1) is 8.83. The first-order valence-electron chi connectivity index (χ1n) is 6.57. The number of hydrogen-bond donors (Lipinski definition) is 1. The summed E-state index contributed by atoms with van der Waals surface area (Å²) in [6.07, 6.45) is 1.09. The Morgan fingerprint density at radius 1 is 1.58 bits per heavy atom. The minimum atomic E-state index is -0.501. The molecule has 1 unspecified atom stereocenters. The summed E-state index contributed by atoms with van der Waals surface area (Å²) in [5.74, 6) is 0.359. The van der Waals surface area contributed by atoms with Gasteiger partial charge in [-0.3, -0.25) is 4.90 Å². The van der Waals surface area contributed by atoms with Gasteiger partial charge >= 0.3 is 6.09 Å². The summed E-state index contributed by atoms with van der Waals surface area (Å²) in [7, 11) is 0. The molecule has 1 atom stereocenters. The largest absolute Gasteiger partial charge is 0.444 e. The molecule has 6 nitrogen and oxygen atoms in total. The Balaban J connectivity index is 2.22. The maximum absolute atomic E-state index is 12.2. The molecule has 106 valence electrons. The number of rotatable bonds is 1. The summed E-state index contributed by atoms with van der Waals surface area (Å²) in [5.41, 5.74) is 6.92. The average Bonchev–Trinajstić information content (AvgIpc) is 2.68. The third-order valence-corrected chi connectivity index (χ3v) is 3.16. The highest BCUT2D eigenvalue weighted by molar-refractivity contribution is 5.69. The van der Waals surface area contributed by atoms with Crippen molar-refractivity contribution in [3.8, 4) is 0 Å². The number of nitrogens with two attached hydrogens (primary N) is 1. The van der Waals surface area contributed by atoms with Crippen molar-refractivity contribution in [1.82, 2.24) is 10.1 Å². The van der Waals surface area contributed by atoms with Crippen LogP contribution in [0.2, 0.25) is 0 Å². The van der Waals surface area contributed by atoms with Crippen LogP contribution < -0.4 is 5.73 Å². The number of nitrogens with zero attached hydrogens (tertiary/aromatic N) is 2. The summed E-state index contributed by atoms with van der Waals surface area (Å²) in [6, 6.07) is -0.125. The number of hydrogen-bond acceptors (Lipinski definition) is 5. The topological polar surface area (TPSA) is 81.6 Å². The van der Waals surface area contributed by atoms with E-state index in [1.54, 1.807) is 4.90 Å². The molecule has 1 aromatic heterocycles. The van der Waals surface area contributed by atoms with E-state index in [1.807, 2.05) is 27.7 Å². The van der Waals surface area contributed by atoms with Gasteiger partial charge in [-0.25, -0.2) is 4.79 Å². The fraction of sp³-hybridized carbons (Fsp3) is 0.692. The van der Waals surface area contributed by atoms with Crippen molar-refractivity contribution in [3.05, 3.63) is 11.3 Å². The van der Waals surface area contributed by atoms with Crippen LogP contribution in [0.1, 0.15) is 51.4 Å². The van der Waals surface area contributed by atoms with Crippen molar-refractivity contribution in [2.24, 2.45) is 0 Å².